The quantitative estimate of drug-likeness (QED) is 0.779. The lowest BCUT2D eigenvalue weighted by molar-refractivity contribution is -0.137. The van der Waals surface area contributed by atoms with Gasteiger partial charge >= 0.3 is 18.2 Å². The number of amides is 2. The van der Waals surface area contributed by atoms with E-state index in [1.54, 1.807) is 0 Å². The first-order valence-corrected chi connectivity index (χ1v) is 5.76. The molecule has 0 aliphatic carbocycles. The van der Waals surface area contributed by atoms with Gasteiger partial charge in [-0.15, -0.1) is 0 Å². The number of carboxylic acid groups (broad SMARTS) is 1. The number of alkyl halides is 3. The van der Waals surface area contributed by atoms with Crippen LogP contribution in [0.1, 0.15) is 12.0 Å². The Labute approximate surface area is 117 Å². The second kappa shape index (κ2) is 6.82. The van der Waals surface area contributed by atoms with E-state index >= 15 is 0 Å². The monoisotopic (exact) mass is 306 g/mol. The smallest absolute Gasteiger partial charge is 0.418 e. The molecular formula is C12H13F3N2O4. The van der Waals surface area contributed by atoms with Crippen LogP contribution >= 0.6 is 0 Å². The third-order valence-electron chi connectivity index (χ3n) is 2.40. The Morgan fingerprint density at radius 3 is 2.52 bits per heavy atom. The van der Waals surface area contributed by atoms with E-state index in [0.717, 1.165) is 12.1 Å². The van der Waals surface area contributed by atoms with Gasteiger partial charge in [-0.2, -0.15) is 13.2 Å². The minimum Gasteiger partial charge on any atom is -0.497 e. The number of hydrogen-bond donors (Lipinski definition) is 3. The van der Waals surface area contributed by atoms with Crippen molar-refractivity contribution in [2.45, 2.75) is 12.6 Å². The van der Waals surface area contributed by atoms with Crippen LogP contribution < -0.4 is 15.4 Å². The highest BCUT2D eigenvalue weighted by atomic mass is 19.4. The molecule has 1 rings (SSSR count). The molecule has 0 saturated carbocycles. The molecule has 0 unspecified atom stereocenters. The average molecular weight is 306 g/mol. The third-order valence-corrected chi connectivity index (χ3v) is 2.40. The maximum absolute atomic E-state index is 12.9. The Hall–Kier alpha value is -2.45. The summed E-state index contributed by atoms with van der Waals surface area (Å²) in [5.41, 5.74) is -1.51. The van der Waals surface area contributed by atoms with E-state index in [9.17, 15) is 22.8 Å². The van der Waals surface area contributed by atoms with E-state index in [0.29, 0.717) is 0 Å². The maximum atomic E-state index is 12.9. The summed E-state index contributed by atoms with van der Waals surface area (Å²) in [4.78, 5) is 21.7. The molecule has 1 aromatic rings. The van der Waals surface area contributed by atoms with Crippen LogP contribution in [0, 0.1) is 0 Å². The number of carbonyl (C=O) groups excluding carboxylic acids is 1. The highest BCUT2D eigenvalue weighted by molar-refractivity contribution is 5.90. The number of urea groups is 1. The summed E-state index contributed by atoms with van der Waals surface area (Å²) in [6, 6.07) is 2.15. The van der Waals surface area contributed by atoms with Gasteiger partial charge in [-0.05, 0) is 18.2 Å². The number of rotatable bonds is 5. The van der Waals surface area contributed by atoms with Crippen molar-refractivity contribution in [2.75, 3.05) is 19.0 Å². The van der Waals surface area contributed by atoms with Gasteiger partial charge in [0.2, 0.25) is 0 Å². The summed E-state index contributed by atoms with van der Waals surface area (Å²) in [7, 11) is 1.22. The van der Waals surface area contributed by atoms with Crippen molar-refractivity contribution in [1.29, 1.82) is 0 Å². The summed E-state index contributed by atoms with van der Waals surface area (Å²) < 4.78 is 43.3. The molecule has 0 aliphatic rings. The molecule has 2 amide bonds. The number of carbonyl (C=O) groups is 2. The lowest BCUT2D eigenvalue weighted by Gasteiger charge is -2.15. The van der Waals surface area contributed by atoms with Gasteiger partial charge in [0.25, 0.3) is 0 Å². The molecule has 6 nitrogen and oxygen atoms in total. The molecule has 1 aromatic carbocycles. The molecule has 0 bridgehead atoms. The number of methoxy groups -OCH3 is 1. The summed E-state index contributed by atoms with van der Waals surface area (Å²) in [5.74, 6) is -1.13. The van der Waals surface area contributed by atoms with Crippen LogP contribution in [-0.2, 0) is 11.0 Å². The molecule has 21 heavy (non-hydrogen) atoms. The number of carboxylic acids is 1. The summed E-state index contributed by atoms with van der Waals surface area (Å²) in [6.45, 7) is -0.196. The van der Waals surface area contributed by atoms with E-state index in [4.69, 9.17) is 9.84 Å². The molecule has 0 heterocycles. The largest absolute Gasteiger partial charge is 0.497 e. The van der Waals surface area contributed by atoms with Crippen LogP contribution in [0.15, 0.2) is 18.2 Å². The van der Waals surface area contributed by atoms with Gasteiger partial charge in [-0.25, -0.2) is 4.79 Å². The molecular weight excluding hydrogens is 293 g/mol. The predicted molar refractivity (Wildman–Crippen MR) is 67.3 cm³/mol. The van der Waals surface area contributed by atoms with Crippen LogP contribution in [0.3, 0.4) is 0 Å². The maximum Gasteiger partial charge on any atom is 0.418 e. The van der Waals surface area contributed by atoms with E-state index in [2.05, 4.69) is 5.32 Å². The van der Waals surface area contributed by atoms with Crippen LogP contribution in [0.2, 0.25) is 0 Å². The van der Waals surface area contributed by atoms with Gasteiger partial charge in [-0.3, -0.25) is 4.79 Å². The molecule has 0 aliphatic heterocycles. The number of ether oxygens (including phenoxy) is 1. The minimum absolute atomic E-state index is 0.000777. The van der Waals surface area contributed by atoms with Crippen molar-refractivity contribution >= 4 is 17.7 Å². The van der Waals surface area contributed by atoms with Crippen LogP contribution in [0.25, 0.3) is 0 Å². The van der Waals surface area contributed by atoms with Crippen molar-refractivity contribution in [3.63, 3.8) is 0 Å². The van der Waals surface area contributed by atoms with Gasteiger partial charge in [-0.1, -0.05) is 0 Å². The zero-order valence-corrected chi connectivity index (χ0v) is 11.0. The molecule has 0 aromatic heterocycles. The minimum atomic E-state index is -4.67. The van der Waals surface area contributed by atoms with E-state index in [-0.39, 0.29) is 18.7 Å². The Morgan fingerprint density at radius 1 is 1.33 bits per heavy atom. The second-order valence-corrected chi connectivity index (χ2v) is 3.93. The second-order valence-electron chi connectivity index (χ2n) is 3.93. The lowest BCUT2D eigenvalue weighted by atomic mass is 10.1. The fourth-order valence-electron chi connectivity index (χ4n) is 1.44. The number of anilines is 1. The highest BCUT2D eigenvalue weighted by Gasteiger charge is 2.34. The Kier molecular flexibility index (Phi) is 5.39. The van der Waals surface area contributed by atoms with Crippen molar-refractivity contribution in [3.8, 4) is 5.75 Å². The molecule has 0 spiro atoms. The van der Waals surface area contributed by atoms with Crippen LogP contribution in [0.5, 0.6) is 5.75 Å². The number of benzene rings is 1. The Balaban J connectivity index is 2.82. The number of hydrogen-bond acceptors (Lipinski definition) is 3. The number of nitrogens with one attached hydrogen (secondary N) is 2. The first kappa shape index (κ1) is 16.6. The van der Waals surface area contributed by atoms with Crippen molar-refractivity contribution in [1.82, 2.24) is 5.32 Å². The lowest BCUT2D eigenvalue weighted by Crippen LogP contribution is -2.31. The van der Waals surface area contributed by atoms with Gasteiger partial charge in [0, 0.05) is 6.54 Å². The summed E-state index contributed by atoms with van der Waals surface area (Å²) in [5, 5.41) is 12.6. The van der Waals surface area contributed by atoms with Crippen molar-refractivity contribution in [3.05, 3.63) is 23.8 Å². The van der Waals surface area contributed by atoms with Crippen LogP contribution in [0.4, 0.5) is 23.7 Å². The van der Waals surface area contributed by atoms with Crippen LogP contribution in [-0.4, -0.2) is 30.8 Å². The Bertz CT molecular complexity index is 532. The third kappa shape index (κ3) is 5.21. The highest BCUT2D eigenvalue weighted by Crippen LogP contribution is 2.37. The summed E-state index contributed by atoms with van der Waals surface area (Å²) in [6.07, 6.45) is -5.00. The fraction of sp³-hybridized carbons (Fsp3) is 0.333. The molecule has 3 N–H and O–H groups in total. The zero-order valence-electron chi connectivity index (χ0n) is 11.0. The number of halogens is 3. The average Bonchev–Trinajstić information content (AvgIpc) is 2.37. The molecule has 0 saturated heterocycles. The standard InChI is InChI=1S/C12H13F3N2O4/c1-21-7-2-3-9(8(6-7)12(13,14)15)17-11(20)16-5-4-10(18)19/h2-3,6H,4-5H2,1H3,(H,18,19)(H2,16,17,20). The zero-order chi connectivity index (χ0) is 16.0. The Morgan fingerprint density at radius 2 is 2.00 bits per heavy atom. The SMILES string of the molecule is COc1ccc(NC(=O)NCCC(=O)O)c(C(F)(F)F)c1. The molecule has 0 radical (unpaired) electrons. The van der Waals surface area contributed by atoms with Gasteiger partial charge in [0.1, 0.15) is 5.75 Å². The van der Waals surface area contributed by atoms with Crippen molar-refractivity contribution < 1.29 is 32.6 Å². The number of aliphatic carboxylic acids is 1. The van der Waals surface area contributed by atoms with Crippen molar-refractivity contribution in [2.24, 2.45) is 0 Å². The van der Waals surface area contributed by atoms with Gasteiger partial charge in [0.15, 0.2) is 0 Å². The van der Waals surface area contributed by atoms with E-state index in [1.165, 1.54) is 13.2 Å². The summed E-state index contributed by atoms with van der Waals surface area (Å²) >= 11 is 0. The van der Waals surface area contributed by atoms with E-state index in [1.807, 2.05) is 5.32 Å². The molecule has 0 atom stereocenters. The molecule has 116 valence electrons. The topological polar surface area (TPSA) is 87.7 Å². The predicted octanol–water partition coefficient (Wildman–Crippen LogP) is 2.31. The normalized spacial score (nSPS) is 10.9. The van der Waals surface area contributed by atoms with Gasteiger partial charge < -0.3 is 20.5 Å². The first-order chi connectivity index (χ1) is 9.74. The van der Waals surface area contributed by atoms with Gasteiger partial charge in [0.05, 0.1) is 24.8 Å². The molecule has 9 heteroatoms. The van der Waals surface area contributed by atoms with E-state index < -0.39 is 29.4 Å². The fourth-order valence-corrected chi connectivity index (χ4v) is 1.44. The first-order valence-electron chi connectivity index (χ1n) is 5.76. The molecule has 0 fully saturated rings.